The van der Waals surface area contributed by atoms with Crippen LogP contribution in [0.2, 0.25) is 0 Å². The van der Waals surface area contributed by atoms with Gasteiger partial charge in [0.25, 0.3) is 5.91 Å². The molecule has 1 amide bonds. The van der Waals surface area contributed by atoms with E-state index in [0.717, 1.165) is 18.6 Å². The molecular weight excluding hydrogens is 372 g/mol. The van der Waals surface area contributed by atoms with Gasteiger partial charge in [-0.1, -0.05) is 33.1 Å². The number of phenols is 1. The van der Waals surface area contributed by atoms with Crippen molar-refractivity contribution < 1.29 is 28.2 Å². The zero-order valence-corrected chi connectivity index (χ0v) is 16.4. The number of aromatic hydroxyl groups is 1. The highest BCUT2D eigenvalue weighted by Gasteiger charge is 2.41. The Bertz CT molecular complexity index is 811. The molecule has 1 fully saturated rings. The Morgan fingerprint density at radius 3 is 2.26 bits per heavy atom. The van der Waals surface area contributed by atoms with Crippen LogP contribution in [0.4, 0.5) is 0 Å². The number of amides is 1. The van der Waals surface area contributed by atoms with Crippen molar-refractivity contribution in [2.75, 3.05) is 13.1 Å². The van der Waals surface area contributed by atoms with Crippen LogP contribution in [0.15, 0.2) is 23.1 Å². The van der Waals surface area contributed by atoms with Crippen LogP contribution in [0, 0.1) is 0 Å². The standard InChI is InChI=1S/C18H26N2O6S/c1-3-20(4-2)27(25,26)13-8-9-15(21)14(12-13)16(22)19-18(17(23)24)10-6-5-7-11-18/h8-9,12,21H,3-7,10-11H2,1-2H3,(H,19,22)(H,23,24). The van der Waals surface area contributed by atoms with Crippen molar-refractivity contribution in [2.45, 2.75) is 56.4 Å². The number of aliphatic carboxylic acids is 1. The molecule has 8 nitrogen and oxygen atoms in total. The molecule has 1 aliphatic carbocycles. The van der Waals surface area contributed by atoms with Crippen LogP contribution in [0.3, 0.4) is 0 Å². The van der Waals surface area contributed by atoms with Gasteiger partial charge in [-0.05, 0) is 31.0 Å². The van der Waals surface area contributed by atoms with Crippen LogP contribution < -0.4 is 5.32 Å². The number of carboxylic acids is 1. The number of nitrogens with one attached hydrogen (secondary N) is 1. The highest BCUT2D eigenvalue weighted by Crippen LogP contribution is 2.30. The molecule has 9 heteroatoms. The molecule has 0 unspecified atom stereocenters. The fourth-order valence-electron chi connectivity index (χ4n) is 3.40. The van der Waals surface area contributed by atoms with E-state index < -0.39 is 33.2 Å². The molecule has 1 aliphatic rings. The lowest BCUT2D eigenvalue weighted by Gasteiger charge is -2.34. The SMILES string of the molecule is CCN(CC)S(=O)(=O)c1ccc(O)c(C(=O)NC2(C(=O)O)CCCCC2)c1. The zero-order chi connectivity index (χ0) is 20.2. The monoisotopic (exact) mass is 398 g/mol. The minimum atomic E-state index is -3.81. The summed E-state index contributed by atoms with van der Waals surface area (Å²) in [5.41, 5.74) is -1.65. The molecule has 0 atom stereocenters. The lowest BCUT2D eigenvalue weighted by molar-refractivity contribution is -0.145. The minimum absolute atomic E-state index is 0.123. The number of hydrogen-bond acceptors (Lipinski definition) is 5. The van der Waals surface area contributed by atoms with Crippen LogP contribution in [0.1, 0.15) is 56.3 Å². The third-order valence-corrected chi connectivity index (χ3v) is 7.07. The van der Waals surface area contributed by atoms with Crippen LogP contribution in [0.25, 0.3) is 0 Å². The van der Waals surface area contributed by atoms with Gasteiger partial charge in [-0.2, -0.15) is 4.31 Å². The van der Waals surface area contributed by atoms with E-state index in [-0.39, 0.29) is 23.5 Å². The molecule has 0 radical (unpaired) electrons. The van der Waals surface area contributed by atoms with Gasteiger partial charge in [-0.3, -0.25) is 4.79 Å². The Balaban J connectivity index is 2.38. The first kappa shape index (κ1) is 21.2. The first-order valence-corrected chi connectivity index (χ1v) is 10.5. The number of carbonyl (C=O) groups excluding carboxylic acids is 1. The molecule has 150 valence electrons. The topological polar surface area (TPSA) is 124 Å². The van der Waals surface area contributed by atoms with Gasteiger partial charge >= 0.3 is 5.97 Å². The summed E-state index contributed by atoms with van der Waals surface area (Å²) in [7, 11) is -3.81. The predicted octanol–water partition coefficient (Wildman–Crippen LogP) is 1.94. The third-order valence-electron chi connectivity index (χ3n) is 5.03. The van der Waals surface area contributed by atoms with Crippen molar-refractivity contribution in [3.05, 3.63) is 23.8 Å². The summed E-state index contributed by atoms with van der Waals surface area (Å²) < 4.78 is 26.6. The second kappa shape index (κ2) is 8.26. The van der Waals surface area contributed by atoms with Crippen molar-refractivity contribution in [3.8, 4) is 5.75 Å². The van der Waals surface area contributed by atoms with Gasteiger partial charge in [0.1, 0.15) is 11.3 Å². The maximum atomic E-state index is 12.7. The molecule has 1 aromatic carbocycles. The summed E-state index contributed by atoms with van der Waals surface area (Å²) in [6.07, 6.45) is 2.84. The number of rotatable bonds is 7. The summed E-state index contributed by atoms with van der Waals surface area (Å²) >= 11 is 0. The molecule has 0 heterocycles. The van der Waals surface area contributed by atoms with E-state index in [4.69, 9.17) is 0 Å². The van der Waals surface area contributed by atoms with Gasteiger partial charge in [-0.25, -0.2) is 13.2 Å². The largest absolute Gasteiger partial charge is 0.507 e. The molecule has 27 heavy (non-hydrogen) atoms. The van der Waals surface area contributed by atoms with E-state index in [1.54, 1.807) is 13.8 Å². The molecule has 0 saturated heterocycles. The molecule has 3 N–H and O–H groups in total. The van der Waals surface area contributed by atoms with Crippen molar-refractivity contribution in [1.82, 2.24) is 9.62 Å². The number of benzene rings is 1. The second-order valence-electron chi connectivity index (χ2n) is 6.67. The Hall–Kier alpha value is -2.13. The first-order valence-electron chi connectivity index (χ1n) is 9.07. The van der Waals surface area contributed by atoms with Gasteiger partial charge < -0.3 is 15.5 Å². The predicted molar refractivity (Wildman–Crippen MR) is 99.1 cm³/mol. The maximum absolute atomic E-state index is 12.7. The number of hydrogen-bond donors (Lipinski definition) is 3. The van der Waals surface area contributed by atoms with E-state index in [1.807, 2.05) is 0 Å². The van der Waals surface area contributed by atoms with Crippen LogP contribution in [-0.4, -0.2) is 53.4 Å². The average molecular weight is 398 g/mol. The summed E-state index contributed by atoms with van der Waals surface area (Å²) in [4.78, 5) is 24.3. The second-order valence-corrected chi connectivity index (χ2v) is 8.61. The van der Waals surface area contributed by atoms with E-state index in [1.165, 1.54) is 10.4 Å². The van der Waals surface area contributed by atoms with Crippen LogP contribution in [-0.2, 0) is 14.8 Å². The molecular formula is C18H26N2O6S. The highest BCUT2D eigenvalue weighted by atomic mass is 32.2. The number of sulfonamides is 1. The van der Waals surface area contributed by atoms with Gasteiger partial charge in [0.2, 0.25) is 10.0 Å². The van der Waals surface area contributed by atoms with Gasteiger partial charge in [0, 0.05) is 13.1 Å². The van der Waals surface area contributed by atoms with Crippen LogP contribution >= 0.6 is 0 Å². The normalized spacial score (nSPS) is 16.9. The molecule has 2 rings (SSSR count). The average Bonchev–Trinajstić information content (AvgIpc) is 2.63. The fourth-order valence-corrected chi connectivity index (χ4v) is 4.89. The molecule has 1 saturated carbocycles. The molecule has 0 aromatic heterocycles. The van der Waals surface area contributed by atoms with Gasteiger partial charge in [0.15, 0.2) is 0 Å². The van der Waals surface area contributed by atoms with Crippen molar-refractivity contribution in [3.63, 3.8) is 0 Å². The minimum Gasteiger partial charge on any atom is -0.507 e. The number of nitrogens with zero attached hydrogens (tertiary/aromatic N) is 1. The molecule has 0 spiro atoms. The van der Waals surface area contributed by atoms with E-state index in [0.29, 0.717) is 25.7 Å². The summed E-state index contributed by atoms with van der Waals surface area (Å²) in [6, 6.07) is 3.46. The number of carboxylic acid groups (broad SMARTS) is 1. The fraction of sp³-hybridized carbons (Fsp3) is 0.556. The molecule has 0 aliphatic heterocycles. The van der Waals surface area contributed by atoms with E-state index >= 15 is 0 Å². The van der Waals surface area contributed by atoms with Crippen molar-refractivity contribution >= 4 is 21.9 Å². The summed E-state index contributed by atoms with van der Waals surface area (Å²) in [6.45, 7) is 3.94. The Labute approximate surface area is 159 Å². The Morgan fingerprint density at radius 2 is 1.74 bits per heavy atom. The Kier molecular flexibility index (Phi) is 6.48. The van der Waals surface area contributed by atoms with Crippen LogP contribution in [0.5, 0.6) is 5.75 Å². The maximum Gasteiger partial charge on any atom is 0.329 e. The number of carbonyl (C=O) groups is 2. The smallest absolute Gasteiger partial charge is 0.329 e. The van der Waals surface area contributed by atoms with Gasteiger partial charge in [0.05, 0.1) is 10.5 Å². The quantitative estimate of drug-likeness (QED) is 0.645. The lowest BCUT2D eigenvalue weighted by Crippen LogP contribution is -2.55. The summed E-state index contributed by atoms with van der Waals surface area (Å²) in [5.74, 6) is -2.32. The highest BCUT2D eigenvalue weighted by molar-refractivity contribution is 7.89. The van der Waals surface area contributed by atoms with Crippen molar-refractivity contribution in [2.24, 2.45) is 0 Å². The molecule has 0 bridgehead atoms. The van der Waals surface area contributed by atoms with E-state index in [2.05, 4.69) is 5.32 Å². The molecule has 1 aromatic rings. The first-order chi connectivity index (χ1) is 12.7. The third kappa shape index (κ3) is 4.24. The lowest BCUT2D eigenvalue weighted by atomic mass is 9.81. The number of phenolic OH excluding ortho intramolecular Hbond substituents is 1. The zero-order valence-electron chi connectivity index (χ0n) is 15.6. The summed E-state index contributed by atoms with van der Waals surface area (Å²) in [5, 5.41) is 22.2. The van der Waals surface area contributed by atoms with Crippen molar-refractivity contribution in [1.29, 1.82) is 0 Å². The Morgan fingerprint density at radius 1 is 1.15 bits per heavy atom. The van der Waals surface area contributed by atoms with E-state index in [9.17, 15) is 28.2 Å². The van der Waals surface area contributed by atoms with Gasteiger partial charge in [-0.15, -0.1) is 0 Å².